The van der Waals surface area contributed by atoms with E-state index in [0.717, 1.165) is 15.9 Å². The molecule has 0 aliphatic rings. The molecule has 1 aromatic heterocycles. The van der Waals surface area contributed by atoms with Gasteiger partial charge in [0, 0.05) is 5.56 Å². The molecule has 2 aromatic rings. The van der Waals surface area contributed by atoms with E-state index in [0.29, 0.717) is 0 Å². The molecule has 2 rings (SSSR count). The number of aromatic nitrogens is 2. The molecule has 0 radical (unpaired) electrons. The predicted molar refractivity (Wildman–Crippen MR) is 73.9 cm³/mol. The Morgan fingerprint density at radius 3 is 2.18 bits per heavy atom. The molecule has 2 nitrogen and oxygen atoms in total. The van der Waals surface area contributed by atoms with Crippen LogP contribution in [0.3, 0.4) is 0 Å². The Morgan fingerprint density at radius 2 is 1.65 bits per heavy atom. The van der Waals surface area contributed by atoms with E-state index in [-0.39, 0.29) is 5.41 Å². The molecule has 0 spiro atoms. The maximum Gasteiger partial charge on any atom is 0.125 e. The lowest BCUT2D eigenvalue weighted by atomic mass is 9.86. The molecule has 0 N–H and O–H groups in total. The minimum absolute atomic E-state index is 0.182. The van der Waals surface area contributed by atoms with Crippen LogP contribution >= 0.6 is 15.9 Å². The molecule has 0 saturated carbocycles. The number of nitrogens with zero attached hydrogens (tertiary/aromatic N) is 2. The summed E-state index contributed by atoms with van der Waals surface area (Å²) in [5, 5.41) is 0. The Hall–Kier alpha value is -1.22. The van der Waals surface area contributed by atoms with Gasteiger partial charge in [-0.1, -0.05) is 45.0 Å². The molecule has 3 heteroatoms. The Morgan fingerprint density at radius 1 is 1.00 bits per heavy atom. The predicted octanol–water partition coefficient (Wildman–Crippen LogP) is 4.20. The van der Waals surface area contributed by atoms with Gasteiger partial charge in [0.05, 0.1) is 18.1 Å². The van der Waals surface area contributed by atoms with Crippen molar-refractivity contribution in [3.8, 4) is 11.3 Å². The van der Waals surface area contributed by atoms with Gasteiger partial charge in [-0.05, 0) is 26.9 Å². The van der Waals surface area contributed by atoms with Crippen LogP contribution in [0.15, 0.2) is 41.3 Å². The van der Waals surface area contributed by atoms with Gasteiger partial charge in [-0.2, -0.15) is 0 Å². The zero-order chi connectivity index (χ0) is 12.5. The Labute approximate surface area is 110 Å². The third-order valence-electron chi connectivity index (χ3n) is 2.65. The molecule has 0 fully saturated rings. The highest BCUT2D eigenvalue weighted by Gasteiger charge is 2.13. The van der Waals surface area contributed by atoms with Crippen LogP contribution in [0.1, 0.15) is 26.3 Å². The monoisotopic (exact) mass is 290 g/mol. The van der Waals surface area contributed by atoms with Gasteiger partial charge in [-0.15, -0.1) is 0 Å². The summed E-state index contributed by atoms with van der Waals surface area (Å²) in [6.07, 6.45) is 3.46. The number of hydrogen-bond donors (Lipinski definition) is 0. The van der Waals surface area contributed by atoms with Gasteiger partial charge in [-0.25, -0.2) is 4.98 Å². The molecular formula is C14H15BrN2. The van der Waals surface area contributed by atoms with Crippen LogP contribution in [-0.2, 0) is 5.41 Å². The number of hydrogen-bond acceptors (Lipinski definition) is 2. The molecule has 88 valence electrons. The first kappa shape index (κ1) is 12.2. The molecule has 0 aliphatic carbocycles. The third kappa shape index (κ3) is 2.91. The lowest BCUT2D eigenvalue weighted by Crippen LogP contribution is -2.10. The van der Waals surface area contributed by atoms with Gasteiger partial charge in [0.25, 0.3) is 0 Å². The molecule has 0 amide bonds. The first-order chi connectivity index (χ1) is 7.97. The van der Waals surface area contributed by atoms with E-state index in [9.17, 15) is 0 Å². The largest absolute Gasteiger partial charge is 0.260 e. The molecule has 1 heterocycles. The fourth-order valence-corrected chi connectivity index (χ4v) is 1.93. The molecule has 0 bridgehead atoms. The SMILES string of the molecule is CC(C)(C)c1ccc(-c2cncc(Br)n2)cc1. The molecule has 0 aliphatic heterocycles. The minimum Gasteiger partial charge on any atom is -0.260 e. The Kier molecular flexibility index (Phi) is 3.29. The molecule has 17 heavy (non-hydrogen) atoms. The van der Waals surface area contributed by atoms with E-state index in [1.54, 1.807) is 12.4 Å². The smallest absolute Gasteiger partial charge is 0.125 e. The van der Waals surface area contributed by atoms with Gasteiger partial charge in [0.2, 0.25) is 0 Å². The van der Waals surface area contributed by atoms with Crippen molar-refractivity contribution in [1.82, 2.24) is 9.97 Å². The second-order valence-electron chi connectivity index (χ2n) is 5.05. The topological polar surface area (TPSA) is 25.8 Å². The van der Waals surface area contributed by atoms with E-state index in [2.05, 4.69) is 70.9 Å². The van der Waals surface area contributed by atoms with Crippen molar-refractivity contribution in [2.24, 2.45) is 0 Å². The fraction of sp³-hybridized carbons (Fsp3) is 0.286. The summed E-state index contributed by atoms with van der Waals surface area (Å²) < 4.78 is 0.759. The second kappa shape index (κ2) is 4.57. The molecule has 1 aromatic carbocycles. The highest BCUT2D eigenvalue weighted by atomic mass is 79.9. The number of halogens is 1. The van der Waals surface area contributed by atoms with Crippen molar-refractivity contribution >= 4 is 15.9 Å². The van der Waals surface area contributed by atoms with Crippen LogP contribution in [0, 0.1) is 0 Å². The summed E-state index contributed by atoms with van der Waals surface area (Å²) in [7, 11) is 0. The highest BCUT2D eigenvalue weighted by molar-refractivity contribution is 9.10. The molecule has 0 atom stereocenters. The highest BCUT2D eigenvalue weighted by Crippen LogP contribution is 2.25. The van der Waals surface area contributed by atoms with Crippen LogP contribution in [0.25, 0.3) is 11.3 Å². The maximum absolute atomic E-state index is 4.39. The second-order valence-corrected chi connectivity index (χ2v) is 5.87. The van der Waals surface area contributed by atoms with Gasteiger partial charge in [-0.3, -0.25) is 4.98 Å². The average molecular weight is 291 g/mol. The molecular weight excluding hydrogens is 276 g/mol. The third-order valence-corrected chi connectivity index (χ3v) is 3.03. The molecule has 0 unspecified atom stereocenters. The van der Waals surface area contributed by atoms with Crippen molar-refractivity contribution < 1.29 is 0 Å². The number of benzene rings is 1. The summed E-state index contributed by atoms with van der Waals surface area (Å²) in [6, 6.07) is 8.49. The zero-order valence-electron chi connectivity index (χ0n) is 10.2. The lowest BCUT2D eigenvalue weighted by molar-refractivity contribution is 0.590. The van der Waals surface area contributed by atoms with Crippen molar-refractivity contribution in [1.29, 1.82) is 0 Å². The standard InChI is InChI=1S/C14H15BrN2/c1-14(2,3)11-6-4-10(5-7-11)12-8-16-9-13(15)17-12/h4-9H,1-3H3. The Bertz CT molecular complexity index is 512. The Balaban J connectivity index is 2.36. The van der Waals surface area contributed by atoms with Crippen molar-refractivity contribution in [3.63, 3.8) is 0 Å². The maximum atomic E-state index is 4.39. The average Bonchev–Trinajstić information content (AvgIpc) is 2.28. The van der Waals surface area contributed by atoms with Crippen molar-refractivity contribution in [2.45, 2.75) is 26.2 Å². The normalized spacial score (nSPS) is 11.5. The van der Waals surface area contributed by atoms with Crippen LogP contribution in [-0.4, -0.2) is 9.97 Å². The van der Waals surface area contributed by atoms with Crippen LogP contribution in [0.5, 0.6) is 0 Å². The first-order valence-electron chi connectivity index (χ1n) is 5.55. The minimum atomic E-state index is 0.182. The molecule has 0 saturated heterocycles. The van der Waals surface area contributed by atoms with Crippen LogP contribution in [0.4, 0.5) is 0 Å². The van der Waals surface area contributed by atoms with Crippen molar-refractivity contribution in [3.05, 3.63) is 46.8 Å². The summed E-state index contributed by atoms with van der Waals surface area (Å²) >= 11 is 3.33. The van der Waals surface area contributed by atoms with Gasteiger partial charge >= 0.3 is 0 Å². The van der Waals surface area contributed by atoms with E-state index >= 15 is 0 Å². The van der Waals surface area contributed by atoms with Crippen molar-refractivity contribution in [2.75, 3.05) is 0 Å². The summed E-state index contributed by atoms with van der Waals surface area (Å²) in [5.74, 6) is 0. The fourth-order valence-electron chi connectivity index (χ4n) is 1.62. The van der Waals surface area contributed by atoms with Gasteiger partial charge in [0.15, 0.2) is 0 Å². The summed E-state index contributed by atoms with van der Waals surface area (Å²) in [5.41, 5.74) is 3.48. The quantitative estimate of drug-likeness (QED) is 0.786. The van der Waals surface area contributed by atoms with Crippen LogP contribution in [0.2, 0.25) is 0 Å². The van der Waals surface area contributed by atoms with Gasteiger partial charge < -0.3 is 0 Å². The van der Waals surface area contributed by atoms with E-state index in [1.807, 2.05) is 0 Å². The van der Waals surface area contributed by atoms with Crippen LogP contribution < -0.4 is 0 Å². The van der Waals surface area contributed by atoms with E-state index in [4.69, 9.17) is 0 Å². The summed E-state index contributed by atoms with van der Waals surface area (Å²) in [6.45, 7) is 6.63. The number of rotatable bonds is 1. The van der Waals surface area contributed by atoms with Gasteiger partial charge in [0.1, 0.15) is 4.60 Å². The van der Waals surface area contributed by atoms with E-state index in [1.165, 1.54) is 5.56 Å². The zero-order valence-corrected chi connectivity index (χ0v) is 11.8. The first-order valence-corrected chi connectivity index (χ1v) is 6.34. The lowest BCUT2D eigenvalue weighted by Gasteiger charge is -2.19. The summed E-state index contributed by atoms with van der Waals surface area (Å²) in [4.78, 5) is 8.51. The van der Waals surface area contributed by atoms with E-state index < -0.39 is 0 Å².